The lowest BCUT2D eigenvalue weighted by atomic mass is 10.5. The van der Waals surface area contributed by atoms with Gasteiger partial charge in [0.2, 0.25) is 0 Å². The zero-order valence-corrected chi connectivity index (χ0v) is 12.5. The summed E-state index contributed by atoms with van der Waals surface area (Å²) in [5.74, 6) is 1.04. The first-order valence-corrected chi connectivity index (χ1v) is 8.03. The fourth-order valence-electron chi connectivity index (χ4n) is 1.62. The maximum Gasteiger partial charge on any atom is 0.137 e. The standard InChI is InChI=1S/C12H15BrN2O2S/c1-2-17-5-6-18(16)9-11-8-15-7-10(13)3-4-12(15)14-11/h3-4,7-8H,2,5-6,9H2,1H3. The molecule has 2 aromatic heterocycles. The number of halogens is 1. The number of fused-ring (bicyclic) bond motifs is 1. The van der Waals surface area contributed by atoms with Crippen molar-refractivity contribution in [2.45, 2.75) is 12.7 Å². The van der Waals surface area contributed by atoms with Crippen LogP contribution in [0.5, 0.6) is 0 Å². The van der Waals surface area contributed by atoms with Gasteiger partial charge < -0.3 is 9.14 Å². The van der Waals surface area contributed by atoms with E-state index in [2.05, 4.69) is 20.9 Å². The van der Waals surface area contributed by atoms with Crippen molar-refractivity contribution in [1.82, 2.24) is 9.38 Å². The molecule has 0 aromatic carbocycles. The van der Waals surface area contributed by atoms with Crippen LogP contribution in [0.25, 0.3) is 5.65 Å². The van der Waals surface area contributed by atoms with Crippen molar-refractivity contribution in [1.29, 1.82) is 0 Å². The van der Waals surface area contributed by atoms with E-state index in [0.29, 0.717) is 24.7 Å². The van der Waals surface area contributed by atoms with E-state index in [4.69, 9.17) is 4.74 Å². The molecular weight excluding hydrogens is 316 g/mol. The first-order valence-electron chi connectivity index (χ1n) is 5.75. The summed E-state index contributed by atoms with van der Waals surface area (Å²) in [5, 5.41) is 0. The molecule has 0 aliphatic carbocycles. The minimum atomic E-state index is -0.917. The van der Waals surface area contributed by atoms with Crippen molar-refractivity contribution in [2.75, 3.05) is 19.0 Å². The van der Waals surface area contributed by atoms with Crippen LogP contribution >= 0.6 is 15.9 Å². The summed E-state index contributed by atoms with van der Waals surface area (Å²) in [7, 11) is -0.917. The summed E-state index contributed by atoms with van der Waals surface area (Å²) in [4.78, 5) is 4.43. The highest BCUT2D eigenvalue weighted by atomic mass is 79.9. The Balaban J connectivity index is 2.01. The molecule has 0 saturated carbocycles. The largest absolute Gasteiger partial charge is 0.381 e. The van der Waals surface area contributed by atoms with Crippen LogP contribution in [0, 0.1) is 0 Å². The van der Waals surface area contributed by atoms with Crippen LogP contribution in [0.2, 0.25) is 0 Å². The molecule has 0 radical (unpaired) electrons. The molecule has 0 bridgehead atoms. The van der Waals surface area contributed by atoms with Gasteiger partial charge in [0.25, 0.3) is 0 Å². The molecule has 0 amide bonds. The Morgan fingerprint density at radius 2 is 2.28 bits per heavy atom. The number of imidazole rings is 1. The van der Waals surface area contributed by atoms with Gasteiger partial charge in [0.05, 0.1) is 18.1 Å². The van der Waals surface area contributed by atoms with Crippen molar-refractivity contribution >= 4 is 32.4 Å². The molecule has 0 fully saturated rings. The first kappa shape index (κ1) is 13.7. The van der Waals surface area contributed by atoms with E-state index in [0.717, 1.165) is 15.8 Å². The van der Waals surface area contributed by atoms with E-state index in [1.54, 1.807) is 0 Å². The summed E-state index contributed by atoms with van der Waals surface area (Å²) in [6.07, 6.45) is 3.85. The molecule has 6 heteroatoms. The molecule has 0 N–H and O–H groups in total. The number of aromatic nitrogens is 2. The summed E-state index contributed by atoms with van der Waals surface area (Å²) in [6.45, 7) is 3.14. The number of rotatable bonds is 6. The van der Waals surface area contributed by atoms with Gasteiger partial charge in [-0.05, 0) is 35.0 Å². The monoisotopic (exact) mass is 330 g/mol. The van der Waals surface area contributed by atoms with E-state index < -0.39 is 10.8 Å². The van der Waals surface area contributed by atoms with Gasteiger partial charge in [0.1, 0.15) is 5.65 Å². The van der Waals surface area contributed by atoms with Crippen LogP contribution in [0.1, 0.15) is 12.6 Å². The number of hydrogen-bond acceptors (Lipinski definition) is 3. The van der Waals surface area contributed by atoms with Crippen molar-refractivity contribution in [2.24, 2.45) is 0 Å². The fourth-order valence-corrected chi connectivity index (χ4v) is 2.89. The van der Waals surface area contributed by atoms with Crippen LogP contribution in [0.4, 0.5) is 0 Å². The Hall–Kier alpha value is -0.720. The molecule has 1 unspecified atom stereocenters. The molecule has 0 aliphatic heterocycles. The summed E-state index contributed by atoms with van der Waals surface area (Å²) >= 11 is 3.41. The number of hydrogen-bond donors (Lipinski definition) is 0. The average Bonchev–Trinajstić information content (AvgIpc) is 2.70. The number of ether oxygens (including phenoxy) is 1. The van der Waals surface area contributed by atoms with Gasteiger partial charge in [0.15, 0.2) is 0 Å². The zero-order chi connectivity index (χ0) is 13.0. The molecule has 0 spiro atoms. The van der Waals surface area contributed by atoms with Gasteiger partial charge in [0, 0.05) is 40.0 Å². The van der Waals surface area contributed by atoms with Gasteiger partial charge in [-0.3, -0.25) is 4.21 Å². The molecular formula is C12H15BrN2O2S. The molecule has 4 nitrogen and oxygen atoms in total. The third-order valence-corrected chi connectivity index (χ3v) is 4.14. The Morgan fingerprint density at radius 1 is 1.44 bits per heavy atom. The third-order valence-electron chi connectivity index (χ3n) is 2.43. The Kier molecular flexibility index (Phi) is 4.91. The van der Waals surface area contributed by atoms with E-state index >= 15 is 0 Å². The lowest BCUT2D eigenvalue weighted by molar-refractivity contribution is 0.164. The van der Waals surface area contributed by atoms with Gasteiger partial charge in [-0.15, -0.1) is 0 Å². The SMILES string of the molecule is CCOCCS(=O)Cc1cn2cc(Br)ccc2n1. The molecule has 0 saturated heterocycles. The molecule has 2 heterocycles. The van der Waals surface area contributed by atoms with Crippen molar-refractivity contribution < 1.29 is 8.95 Å². The van der Waals surface area contributed by atoms with Crippen molar-refractivity contribution in [3.05, 3.63) is 34.7 Å². The highest BCUT2D eigenvalue weighted by Crippen LogP contribution is 2.13. The number of nitrogens with zero attached hydrogens (tertiary/aromatic N) is 2. The molecule has 18 heavy (non-hydrogen) atoms. The van der Waals surface area contributed by atoms with Crippen LogP contribution in [-0.4, -0.2) is 32.6 Å². The van der Waals surface area contributed by atoms with E-state index in [1.807, 2.05) is 35.9 Å². The average molecular weight is 331 g/mol. The van der Waals surface area contributed by atoms with Gasteiger partial charge in [-0.1, -0.05) is 0 Å². The molecule has 2 rings (SSSR count). The van der Waals surface area contributed by atoms with Crippen LogP contribution in [-0.2, 0) is 21.3 Å². The maximum absolute atomic E-state index is 11.8. The Bertz CT molecular complexity index is 556. The normalized spacial score (nSPS) is 13.0. The molecule has 2 aromatic rings. The second-order valence-corrected chi connectivity index (χ2v) is 6.32. The van der Waals surface area contributed by atoms with E-state index in [1.165, 1.54) is 0 Å². The predicted octanol–water partition coefficient (Wildman–Crippen LogP) is 2.38. The summed E-state index contributed by atoms with van der Waals surface area (Å²) in [5.41, 5.74) is 1.72. The molecule has 0 aliphatic rings. The van der Waals surface area contributed by atoms with Crippen molar-refractivity contribution in [3.63, 3.8) is 0 Å². The second-order valence-electron chi connectivity index (χ2n) is 3.83. The number of pyridine rings is 1. The Morgan fingerprint density at radius 3 is 3.06 bits per heavy atom. The fraction of sp³-hybridized carbons (Fsp3) is 0.417. The van der Waals surface area contributed by atoms with Gasteiger partial charge >= 0.3 is 0 Å². The zero-order valence-electron chi connectivity index (χ0n) is 10.1. The third kappa shape index (κ3) is 3.63. The maximum atomic E-state index is 11.8. The predicted molar refractivity (Wildman–Crippen MR) is 76.1 cm³/mol. The smallest absolute Gasteiger partial charge is 0.137 e. The van der Waals surface area contributed by atoms with Gasteiger partial charge in [-0.2, -0.15) is 0 Å². The summed E-state index contributed by atoms with van der Waals surface area (Å²) < 4.78 is 19.9. The summed E-state index contributed by atoms with van der Waals surface area (Å²) in [6, 6.07) is 3.87. The second kappa shape index (κ2) is 6.45. The lowest BCUT2D eigenvalue weighted by Gasteiger charge is -2.00. The highest BCUT2D eigenvalue weighted by molar-refractivity contribution is 9.10. The lowest BCUT2D eigenvalue weighted by Crippen LogP contribution is -2.08. The molecule has 98 valence electrons. The quantitative estimate of drug-likeness (QED) is 0.764. The first-order chi connectivity index (χ1) is 8.69. The van der Waals surface area contributed by atoms with Gasteiger partial charge in [-0.25, -0.2) is 4.98 Å². The highest BCUT2D eigenvalue weighted by Gasteiger charge is 2.06. The van der Waals surface area contributed by atoms with E-state index in [-0.39, 0.29) is 0 Å². The minimum absolute atomic E-state index is 0.479. The van der Waals surface area contributed by atoms with Crippen LogP contribution in [0.3, 0.4) is 0 Å². The van der Waals surface area contributed by atoms with Crippen molar-refractivity contribution in [3.8, 4) is 0 Å². The molecule has 1 atom stereocenters. The van der Waals surface area contributed by atoms with E-state index in [9.17, 15) is 4.21 Å². The Labute approximate surface area is 117 Å². The minimum Gasteiger partial charge on any atom is -0.381 e. The van der Waals surface area contributed by atoms with Crippen LogP contribution < -0.4 is 0 Å². The van der Waals surface area contributed by atoms with Crippen LogP contribution in [0.15, 0.2) is 29.0 Å². The topological polar surface area (TPSA) is 43.6 Å².